The zero-order chi connectivity index (χ0) is 11.6. The number of halogens is 1. The van der Waals surface area contributed by atoms with Gasteiger partial charge in [0.2, 0.25) is 11.8 Å². The molecule has 0 unspecified atom stereocenters. The van der Waals surface area contributed by atoms with Gasteiger partial charge in [0.1, 0.15) is 0 Å². The van der Waals surface area contributed by atoms with E-state index in [-0.39, 0.29) is 18.2 Å². The first-order chi connectivity index (χ1) is 6.99. The highest BCUT2D eigenvalue weighted by atomic mass is 79.9. The smallest absolute Gasteiger partial charge is 0.248 e. The van der Waals surface area contributed by atoms with Crippen molar-refractivity contribution < 1.29 is 14.7 Å². The van der Waals surface area contributed by atoms with E-state index in [1.807, 2.05) is 0 Å². The molecular weight excluding hydrogens is 266 g/mol. The first-order valence-corrected chi connectivity index (χ1v) is 5.06. The zero-order valence-corrected chi connectivity index (χ0v) is 9.64. The lowest BCUT2D eigenvalue weighted by Gasteiger charge is -2.30. The lowest BCUT2D eigenvalue weighted by Crippen LogP contribution is -2.48. The summed E-state index contributed by atoms with van der Waals surface area (Å²) < 4.78 is 0.952. The predicted molar refractivity (Wildman–Crippen MR) is 52.9 cm³/mol. The van der Waals surface area contributed by atoms with Gasteiger partial charge in [0.15, 0.2) is 6.10 Å². The highest BCUT2D eigenvalue weighted by Gasteiger charge is 2.40. The molecule has 0 aliphatic carbocycles. The Bertz CT molecular complexity index is 328. The second-order valence-electron chi connectivity index (χ2n) is 3.20. The van der Waals surface area contributed by atoms with Gasteiger partial charge in [-0.3, -0.25) is 9.59 Å². The number of carbonyl (C=O) groups excluding carboxylic acids is 2. The third-order valence-electron chi connectivity index (χ3n) is 2.17. The number of amides is 2. The lowest BCUT2D eigenvalue weighted by atomic mass is 10.1. The Kier molecular flexibility index (Phi) is 3.66. The third kappa shape index (κ3) is 2.27. The molecule has 7 heteroatoms. The Morgan fingerprint density at radius 3 is 2.93 bits per heavy atom. The molecular formula is C8H10BrN3O3. The van der Waals surface area contributed by atoms with Crippen molar-refractivity contribution >= 4 is 28.0 Å². The Balaban J connectivity index is 2.87. The number of hydrogen-bond donors (Lipinski definition) is 1. The van der Waals surface area contributed by atoms with Crippen LogP contribution in [0, 0.1) is 11.3 Å². The molecule has 0 aromatic heterocycles. The summed E-state index contributed by atoms with van der Waals surface area (Å²) in [5, 5.41) is 19.0. The standard InChI is InChI=1S/C8H10BrN3O3/c1-5(13)12(9)11-6(7(14)4-10)2-3-8(11)15/h6-7,14H,2-3H2,1H3/t6-,7+/m0/s1. The van der Waals surface area contributed by atoms with Crippen LogP contribution >= 0.6 is 16.1 Å². The number of aliphatic hydroxyl groups is 1. The normalized spacial score (nSPS) is 22.4. The van der Waals surface area contributed by atoms with Gasteiger partial charge in [-0.2, -0.15) is 9.30 Å². The average Bonchev–Trinajstić information content (AvgIpc) is 2.57. The minimum Gasteiger partial charge on any atom is -0.376 e. The monoisotopic (exact) mass is 275 g/mol. The molecule has 6 nitrogen and oxygen atoms in total. The number of nitriles is 1. The Morgan fingerprint density at radius 2 is 2.47 bits per heavy atom. The number of carbonyl (C=O) groups is 2. The minimum atomic E-state index is -1.28. The number of rotatable bonds is 2. The van der Waals surface area contributed by atoms with Crippen LogP contribution in [-0.4, -0.2) is 38.1 Å². The quantitative estimate of drug-likeness (QED) is 0.565. The average molecular weight is 276 g/mol. The van der Waals surface area contributed by atoms with Crippen molar-refractivity contribution in [1.82, 2.24) is 9.04 Å². The highest BCUT2D eigenvalue weighted by molar-refractivity contribution is 9.07. The molecule has 0 bridgehead atoms. The van der Waals surface area contributed by atoms with E-state index < -0.39 is 12.1 Å². The van der Waals surface area contributed by atoms with Crippen LogP contribution in [0.4, 0.5) is 0 Å². The lowest BCUT2D eigenvalue weighted by molar-refractivity contribution is -0.151. The van der Waals surface area contributed by atoms with Crippen molar-refractivity contribution in [1.29, 1.82) is 5.26 Å². The fourth-order valence-corrected chi connectivity index (χ4v) is 1.86. The van der Waals surface area contributed by atoms with Gasteiger partial charge in [-0.15, -0.1) is 0 Å². The molecule has 0 aromatic rings. The fourth-order valence-electron chi connectivity index (χ4n) is 1.45. The van der Waals surface area contributed by atoms with E-state index >= 15 is 0 Å². The largest absolute Gasteiger partial charge is 0.376 e. The fraction of sp³-hybridized carbons (Fsp3) is 0.625. The summed E-state index contributed by atoms with van der Waals surface area (Å²) in [7, 11) is 0. The van der Waals surface area contributed by atoms with Crippen LogP contribution < -0.4 is 0 Å². The first-order valence-electron chi connectivity index (χ1n) is 4.35. The number of aliphatic hydroxyl groups excluding tert-OH is 1. The van der Waals surface area contributed by atoms with Gasteiger partial charge in [0, 0.05) is 13.3 Å². The molecule has 2 amide bonds. The maximum absolute atomic E-state index is 11.4. The minimum absolute atomic E-state index is 0.221. The molecule has 1 fully saturated rings. The Hall–Kier alpha value is -1.13. The van der Waals surface area contributed by atoms with E-state index in [1.54, 1.807) is 6.07 Å². The van der Waals surface area contributed by atoms with Crippen LogP contribution in [-0.2, 0) is 9.59 Å². The SMILES string of the molecule is CC(=O)N(Br)N1C(=O)CC[C@H]1[C@H](O)C#N. The zero-order valence-electron chi connectivity index (χ0n) is 8.05. The summed E-state index contributed by atoms with van der Waals surface area (Å²) in [6.45, 7) is 1.27. The Morgan fingerprint density at radius 1 is 1.87 bits per heavy atom. The molecule has 1 N–H and O–H groups in total. The van der Waals surface area contributed by atoms with Crippen molar-refractivity contribution in [3.63, 3.8) is 0 Å². The van der Waals surface area contributed by atoms with Crippen LogP contribution in [0.1, 0.15) is 19.8 Å². The van der Waals surface area contributed by atoms with E-state index in [1.165, 1.54) is 6.92 Å². The van der Waals surface area contributed by atoms with Crippen molar-refractivity contribution in [3.05, 3.63) is 0 Å². The van der Waals surface area contributed by atoms with E-state index in [4.69, 9.17) is 5.26 Å². The second kappa shape index (κ2) is 4.59. The maximum Gasteiger partial charge on any atom is 0.248 e. The van der Waals surface area contributed by atoms with Gasteiger partial charge in [-0.1, -0.05) is 0 Å². The van der Waals surface area contributed by atoms with Crippen molar-refractivity contribution in [2.45, 2.75) is 31.9 Å². The van der Waals surface area contributed by atoms with Gasteiger partial charge < -0.3 is 5.11 Å². The summed E-state index contributed by atoms with van der Waals surface area (Å²) in [4.78, 5) is 22.5. The topological polar surface area (TPSA) is 84.6 Å². The molecule has 15 heavy (non-hydrogen) atoms. The van der Waals surface area contributed by atoms with Crippen molar-refractivity contribution in [2.24, 2.45) is 0 Å². The summed E-state index contributed by atoms with van der Waals surface area (Å²) in [6, 6.07) is 0.993. The second-order valence-corrected chi connectivity index (χ2v) is 3.87. The summed E-state index contributed by atoms with van der Waals surface area (Å²) >= 11 is 2.92. The first kappa shape index (κ1) is 11.9. The van der Waals surface area contributed by atoms with E-state index in [2.05, 4.69) is 16.1 Å². The van der Waals surface area contributed by atoms with E-state index in [0.29, 0.717) is 6.42 Å². The Labute approximate surface area is 95.4 Å². The van der Waals surface area contributed by atoms with Crippen LogP contribution in [0.2, 0.25) is 0 Å². The number of hydrogen-bond acceptors (Lipinski definition) is 4. The number of hydrazine groups is 1. The van der Waals surface area contributed by atoms with Gasteiger partial charge >= 0.3 is 0 Å². The van der Waals surface area contributed by atoms with Crippen LogP contribution in [0.25, 0.3) is 0 Å². The summed E-state index contributed by atoms with van der Waals surface area (Å²) in [5.41, 5.74) is 0. The number of nitrogens with zero attached hydrogens (tertiary/aromatic N) is 3. The molecule has 1 aliphatic rings. The molecule has 2 atom stereocenters. The van der Waals surface area contributed by atoms with E-state index in [9.17, 15) is 14.7 Å². The molecule has 0 aromatic carbocycles. The van der Waals surface area contributed by atoms with Gasteiger partial charge in [-0.25, -0.2) is 5.01 Å². The molecule has 82 valence electrons. The van der Waals surface area contributed by atoms with Crippen molar-refractivity contribution in [2.75, 3.05) is 0 Å². The van der Waals surface area contributed by atoms with Crippen LogP contribution in [0.5, 0.6) is 0 Å². The molecule has 0 spiro atoms. The summed E-state index contributed by atoms with van der Waals surface area (Å²) in [5.74, 6) is -0.679. The van der Waals surface area contributed by atoms with Gasteiger partial charge in [-0.05, 0) is 6.42 Å². The highest BCUT2D eigenvalue weighted by Crippen LogP contribution is 2.25. The van der Waals surface area contributed by atoms with Crippen LogP contribution in [0.3, 0.4) is 0 Å². The molecule has 1 aliphatic heterocycles. The molecule has 1 saturated heterocycles. The maximum atomic E-state index is 11.4. The third-order valence-corrected chi connectivity index (χ3v) is 3.01. The van der Waals surface area contributed by atoms with Crippen molar-refractivity contribution in [3.8, 4) is 6.07 Å². The predicted octanol–water partition coefficient (Wildman–Crippen LogP) is -0.0647. The molecule has 0 saturated carbocycles. The van der Waals surface area contributed by atoms with Crippen LogP contribution in [0.15, 0.2) is 0 Å². The summed E-state index contributed by atoms with van der Waals surface area (Å²) in [6.07, 6.45) is -0.697. The van der Waals surface area contributed by atoms with E-state index in [0.717, 1.165) is 9.04 Å². The molecule has 0 radical (unpaired) electrons. The molecule has 1 heterocycles. The van der Waals surface area contributed by atoms with Gasteiger partial charge in [0.25, 0.3) is 0 Å². The van der Waals surface area contributed by atoms with Gasteiger partial charge in [0.05, 0.1) is 28.3 Å². The molecule has 1 rings (SSSR count).